The zero-order valence-corrected chi connectivity index (χ0v) is 15.3. The number of benzene rings is 1. The highest BCUT2D eigenvalue weighted by molar-refractivity contribution is 7.13. The van der Waals surface area contributed by atoms with Crippen LogP contribution in [0.4, 0.5) is 5.95 Å². The Kier molecular flexibility index (Phi) is 4.62. The summed E-state index contributed by atoms with van der Waals surface area (Å²) in [6.45, 7) is 4.80. The van der Waals surface area contributed by atoms with Crippen molar-refractivity contribution in [1.29, 1.82) is 0 Å². The topological polar surface area (TPSA) is 62.2 Å². The van der Waals surface area contributed by atoms with E-state index in [-0.39, 0.29) is 5.91 Å². The van der Waals surface area contributed by atoms with Gasteiger partial charge in [0.25, 0.3) is 5.91 Å². The van der Waals surface area contributed by atoms with Crippen LogP contribution in [0.3, 0.4) is 0 Å². The van der Waals surface area contributed by atoms with E-state index in [1.165, 1.54) is 16.9 Å². The van der Waals surface area contributed by atoms with Crippen molar-refractivity contribution in [2.75, 3.05) is 31.1 Å². The van der Waals surface area contributed by atoms with Crippen LogP contribution in [0.1, 0.15) is 16.1 Å². The average molecular weight is 365 g/mol. The van der Waals surface area contributed by atoms with Gasteiger partial charge in [-0.2, -0.15) is 0 Å². The largest absolute Gasteiger partial charge is 0.337 e. The fourth-order valence-corrected chi connectivity index (χ4v) is 3.73. The van der Waals surface area contributed by atoms with Crippen LogP contribution >= 0.6 is 11.3 Å². The normalized spacial score (nSPS) is 14.5. The molecule has 3 aromatic rings. The van der Waals surface area contributed by atoms with Crippen LogP contribution in [0.15, 0.2) is 48.1 Å². The quantitative estimate of drug-likeness (QED) is 0.714. The van der Waals surface area contributed by atoms with E-state index in [2.05, 4.69) is 38.9 Å². The summed E-state index contributed by atoms with van der Waals surface area (Å²) < 4.78 is 0. The SMILES string of the molecule is Cc1ccc(-c2nc(C(=O)N3CCN(c4ncccn4)CC3)cs2)cc1. The number of nitrogens with zero attached hydrogens (tertiary/aromatic N) is 5. The summed E-state index contributed by atoms with van der Waals surface area (Å²) in [4.78, 5) is 29.8. The van der Waals surface area contributed by atoms with Crippen LogP contribution in [-0.4, -0.2) is 51.9 Å². The lowest BCUT2D eigenvalue weighted by Crippen LogP contribution is -2.49. The van der Waals surface area contributed by atoms with Gasteiger partial charge in [0.1, 0.15) is 10.7 Å². The van der Waals surface area contributed by atoms with Gasteiger partial charge in [-0.25, -0.2) is 15.0 Å². The van der Waals surface area contributed by atoms with Gasteiger partial charge < -0.3 is 9.80 Å². The van der Waals surface area contributed by atoms with Crippen LogP contribution in [0.5, 0.6) is 0 Å². The van der Waals surface area contributed by atoms with Crippen LogP contribution in [-0.2, 0) is 0 Å². The molecule has 0 atom stereocenters. The third kappa shape index (κ3) is 3.43. The van der Waals surface area contributed by atoms with Crippen molar-refractivity contribution in [3.8, 4) is 10.6 Å². The van der Waals surface area contributed by atoms with Gasteiger partial charge in [-0.15, -0.1) is 11.3 Å². The molecular weight excluding hydrogens is 346 g/mol. The van der Waals surface area contributed by atoms with Gasteiger partial charge in [-0.05, 0) is 13.0 Å². The smallest absolute Gasteiger partial charge is 0.273 e. The van der Waals surface area contributed by atoms with Gasteiger partial charge in [0.05, 0.1) is 0 Å². The maximum absolute atomic E-state index is 12.8. The first kappa shape index (κ1) is 16.7. The predicted molar refractivity (Wildman–Crippen MR) is 102 cm³/mol. The van der Waals surface area contributed by atoms with E-state index >= 15 is 0 Å². The van der Waals surface area contributed by atoms with E-state index in [1.54, 1.807) is 18.5 Å². The molecule has 1 fully saturated rings. The highest BCUT2D eigenvalue weighted by Crippen LogP contribution is 2.25. The molecule has 0 saturated carbocycles. The monoisotopic (exact) mass is 365 g/mol. The standard InChI is InChI=1S/C19H19N5OS/c1-14-3-5-15(6-4-14)17-22-16(13-26-17)18(25)23-9-11-24(12-10-23)19-20-7-2-8-21-19/h2-8,13H,9-12H2,1H3. The second kappa shape index (κ2) is 7.21. The number of carbonyl (C=O) groups is 1. The molecule has 6 nitrogen and oxygen atoms in total. The van der Waals surface area contributed by atoms with Crippen LogP contribution in [0.25, 0.3) is 10.6 Å². The van der Waals surface area contributed by atoms with Crippen LogP contribution in [0, 0.1) is 6.92 Å². The van der Waals surface area contributed by atoms with Gasteiger partial charge in [0.2, 0.25) is 5.95 Å². The van der Waals surface area contributed by atoms with E-state index in [4.69, 9.17) is 0 Å². The van der Waals surface area contributed by atoms with Crippen molar-refractivity contribution in [2.24, 2.45) is 0 Å². The minimum atomic E-state index is -0.00626. The van der Waals surface area contributed by atoms with Gasteiger partial charge in [0.15, 0.2) is 0 Å². The zero-order valence-electron chi connectivity index (χ0n) is 14.5. The summed E-state index contributed by atoms with van der Waals surface area (Å²) in [5.41, 5.74) is 2.78. The molecule has 0 N–H and O–H groups in total. The molecule has 132 valence electrons. The number of carbonyl (C=O) groups excluding carboxylic acids is 1. The molecule has 1 aliphatic rings. The number of hydrogen-bond donors (Lipinski definition) is 0. The van der Waals surface area contributed by atoms with Gasteiger partial charge in [-0.3, -0.25) is 4.79 Å². The van der Waals surface area contributed by atoms with E-state index < -0.39 is 0 Å². The molecule has 3 heterocycles. The Morgan fingerprint density at radius 3 is 2.42 bits per heavy atom. The molecule has 0 aliphatic carbocycles. The number of aryl methyl sites for hydroxylation is 1. The average Bonchev–Trinajstić information content (AvgIpc) is 3.19. The first-order chi connectivity index (χ1) is 12.7. The highest BCUT2D eigenvalue weighted by Gasteiger charge is 2.25. The van der Waals surface area contributed by atoms with Gasteiger partial charge in [0, 0.05) is 49.5 Å². The summed E-state index contributed by atoms with van der Waals surface area (Å²) >= 11 is 1.51. The molecule has 1 saturated heterocycles. The number of rotatable bonds is 3. The van der Waals surface area contributed by atoms with Crippen molar-refractivity contribution in [1.82, 2.24) is 19.9 Å². The molecular formula is C19H19N5OS. The number of piperazine rings is 1. The molecule has 26 heavy (non-hydrogen) atoms. The number of hydrogen-bond acceptors (Lipinski definition) is 6. The Bertz CT molecular complexity index is 886. The zero-order chi connectivity index (χ0) is 17.9. The molecule has 4 rings (SSSR count). The summed E-state index contributed by atoms with van der Waals surface area (Å²) in [6, 6.07) is 10.0. The van der Waals surface area contributed by atoms with Gasteiger partial charge in [-0.1, -0.05) is 29.8 Å². The Hall–Kier alpha value is -2.80. The second-order valence-corrected chi connectivity index (χ2v) is 7.09. The molecule has 1 aromatic carbocycles. The summed E-state index contributed by atoms with van der Waals surface area (Å²) in [5, 5.41) is 2.73. The third-order valence-electron chi connectivity index (χ3n) is 4.42. The lowest BCUT2D eigenvalue weighted by atomic mass is 10.2. The Labute approximate surface area is 156 Å². The number of amides is 1. The molecule has 0 radical (unpaired) electrons. The molecule has 1 aliphatic heterocycles. The number of anilines is 1. The van der Waals surface area contributed by atoms with Crippen molar-refractivity contribution < 1.29 is 4.79 Å². The Morgan fingerprint density at radius 2 is 1.73 bits per heavy atom. The first-order valence-corrected chi connectivity index (χ1v) is 9.42. The lowest BCUT2D eigenvalue weighted by molar-refractivity contribution is 0.0741. The van der Waals surface area contributed by atoms with Crippen molar-refractivity contribution in [2.45, 2.75) is 6.92 Å². The van der Waals surface area contributed by atoms with E-state index in [0.29, 0.717) is 18.8 Å². The fraction of sp³-hybridized carbons (Fsp3) is 0.263. The molecule has 0 unspecified atom stereocenters. The third-order valence-corrected chi connectivity index (χ3v) is 5.32. The van der Waals surface area contributed by atoms with E-state index in [9.17, 15) is 4.79 Å². The highest BCUT2D eigenvalue weighted by atomic mass is 32.1. The molecule has 0 spiro atoms. The van der Waals surface area contributed by atoms with E-state index in [1.807, 2.05) is 22.4 Å². The molecule has 0 bridgehead atoms. The molecule has 7 heteroatoms. The second-order valence-electron chi connectivity index (χ2n) is 6.23. The Morgan fingerprint density at radius 1 is 1.04 bits per heavy atom. The lowest BCUT2D eigenvalue weighted by Gasteiger charge is -2.34. The first-order valence-electron chi connectivity index (χ1n) is 8.54. The summed E-state index contributed by atoms with van der Waals surface area (Å²) in [6.07, 6.45) is 3.48. The van der Waals surface area contributed by atoms with E-state index in [0.717, 1.165) is 29.6 Å². The van der Waals surface area contributed by atoms with Gasteiger partial charge >= 0.3 is 0 Å². The fourth-order valence-electron chi connectivity index (χ4n) is 2.93. The number of aromatic nitrogens is 3. The van der Waals surface area contributed by atoms with Crippen LogP contribution in [0.2, 0.25) is 0 Å². The molecule has 2 aromatic heterocycles. The summed E-state index contributed by atoms with van der Waals surface area (Å²) in [5.74, 6) is 0.711. The minimum Gasteiger partial charge on any atom is -0.337 e. The van der Waals surface area contributed by atoms with Crippen molar-refractivity contribution >= 4 is 23.2 Å². The maximum atomic E-state index is 12.8. The number of thiazole rings is 1. The summed E-state index contributed by atoms with van der Waals surface area (Å²) in [7, 11) is 0. The van der Waals surface area contributed by atoms with Crippen molar-refractivity contribution in [3.05, 3.63) is 59.4 Å². The minimum absolute atomic E-state index is 0.00626. The van der Waals surface area contributed by atoms with Crippen molar-refractivity contribution in [3.63, 3.8) is 0 Å². The van der Waals surface area contributed by atoms with Crippen LogP contribution < -0.4 is 4.90 Å². The predicted octanol–water partition coefficient (Wildman–Crippen LogP) is 2.87. The Balaban J connectivity index is 1.42. The molecule has 1 amide bonds. The maximum Gasteiger partial charge on any atom is 0.273 e.